The number of rotatable bonds is 5. The molecule has 5 heteroatoms. The molecule has 1 aromatic rings. The Morgan fingerprint density at radius 2 is 2.39 bits per heavy atom. The van der Waals surface area contributed by atoms with E-state index in [1.54, 1.807) is 12.1 Å². The molecular formula is C13H18N2O3. The van der Waals surface area contributed by atoms with Crippen molar-refractivity contribution in [3.8, 4) is 5.75 Å². The lowest BCUT2D eigenvalue weighted by Gasteiger charge is -2.22. The first kappa shape index (κ1) is 12.8. The van der Waals surface area contributed by atoms with Crippen LogP contribution in [0.1, 0.15) is 19.3 Å². The standard InChI is InChI=1S/C13H18N2O3/c16-15(17)12-4-1-5-13(9-12)18-8-6-11-3-2-7-14-10-11/h1,4-5,9,11,14H,2-3,6-8,10H2/t11-/m0/s1. The zero-order valence-corrected chi connectivity index (χ0v) is 10.3. The first-order valence-electron chi connectivity index (χ1n) is 6.33. The summed E-state index contributed by atoms with van der Waals surface area (Å²) < 4.78 is 5.57. The van der Waals surface area contributed by atoms with Crippen molar-refractivity contribution in [1.29, 1.82) is 0 Å². The van der Waals surface area contributed by atoms with Crippen molar-refractivity contribution >= 4 is 5.69 Å². The number of nitro benzene ring substituents is 1. The number of benzene rings is 1. The van der Waals surface area contributed by atoms with Gasteiger partial charge in [0, 0.05) is 6.07 Å². The van der Waals surface area contributed by atoms with Crippen LogP contribution in [-0.2, 0) is 0 Å². The maximum atomic E-state index is 10.6. The zero-order chi connectivity index (χ0) is 12.8. The van der Waals surface area contributed by atoms with Gasteiger partial charge in [-0.15, -0.1) is 0 Å². The quantitative estimate of drug-likeness (QED) is 0.643. The van der Waals surface area contributed by atoms with Crippen molar-refractivity contribution in [2.45, 2.75) is 19.3 Å². The van der Waals surface area contributed by atoms with Gasteiger partial charge in [0.25, 0.3) is 5.69 Å². The lowest BCUT2D eigenvalue weighted by Crippen LogP contribution is -2.30. The van der Waals surface area contributed by atoms with Gasteiger partial charge < -0.3 is 10.1 Å². The number of nitrogens with zero attached hydrogens (tertiary/aromatic N) is 1. The van der Waals surface area contributed by atoms with Crippen LogP contribution in [0.25, 0.3) is 0 Å². The molecule has 1 saturated heterocycles. The van der Waals surface area contributed by atoms with E-state index in [-0.39, 0.29) is 5.69 Å². The van der Waals surface area contributed by atoms with E-state index in [1.165, 1.54) is 25.0 Å². The smallest absolute Gasteiger partial charge is 0.273 e. The number of nitrogens with one attached hydrogen (secondary N) is 1. The Balaban J connectivity index is 1.78. The van der Waals surface area contributed by atoms with E-state index in [4.69, 9.17) is 4.74 Å². The number of piperidine rings is 1. The normalized spacial score (nSPS) is 19.4. The molecule has 1 N–H and O–H groups in total. The third kappa shape index (κ3) is 3.70. The molecular weight excluding hydrogens is 232 g/mol. The van der Waals surface area contributed by atoms with Crippen LogP contribution in [-0.4, -0.2) is 24.6 Å². The van der Waals surface area contributed by atoms with E-state index in [2.05, 4.69) is 5.32 Å². The molecule has 5 nitrogen and oxygen atoms in total. The Morgan fingerprint density at radius 3 is 3.11 bits per heavy atom. The third-order valence-corrected chi connectivity index (χ3v) is 3.22. The van der Waals surface area contributed by atoms with Crippen LogP contribution in [0.3, 0.4) is 0 Å². The molecule has 0 radical (unpaired) electrons. The average Bonchev–Trinajstić information content (AvgIpc) is 2.40. The first-order chi connectivity index (χ1) is 8.75. The summed E-state index contributed by atoms with van der Waals surface area (Å²) in [7, 11) is 0. The minimum atomic E-state index is -0.405. The van der Waals surface area contributed by atoms with Gasteiger partial charge in [0.15, 0.2) is 0 Å². The minimum absolute atomic E-state index is 0.0758. The first-order valence-corrected chi connectivity index (χ1v) is 6.33. The molecule has 0 unspecified atom stereocenters. The second-order valence-corrected chi connectivity index (χ2v) is 4.60. The van der Waals surface area contributed by atoms with Gasteiger partial charge in [-0.1, -0.05) is 6.07 Å². The minimum Gasteiger partial charge on any atom is -0.493 e. The van der Waals surface area contributed by atoms with Crippen LogP contribution in [0, 0.1) is 16.0 Å². The Morgan fingerprint density at radius 1 is 1.50 bits per heavy atom. The highest BCUT2D eigenvalue weighted by Gasteiger charge is 2.13. The van der Waals surface area contributed by atoms with Crippen LogP contribution >= 0.6 is 0 Å². The molecule has 0 amide bonds. The molecule has 1 aromatic carbocycles. The molecule has 1 aliphatic heterocycles. The highest BCUT2D eigenvalue weighted by molar-refractivity contribution is 5.37. The molecule has 1 atom stereocenters. The van der Waals surface area contributed by atoms with Crippen LogP contribution in [0.4, 0.5) is 5.69 Å². The number of ether oxygens (including phenoxy) is 1. The zero-order valence-electron chi connectivity index (χ0n) is 10.3. The molecule has 1 fully saturated rings. The van der Waals surface area contributed by atoms with E-state index < -0.39 is 4.92 Å². The summed E-state index contributed by atoms with van der Waals surface area (Å²) >= 11 is 0. The van der Waals surface area contributed by atoms with E-state index in [9.17, 15) is 10.1 Å². The molecule has 0 spiro atoms. The number of hydrogen-bond acceptors (Lipinski definition) is 4. The van der Waals surface area contributed by atoms with E-state index in [1.807, 2.05) is 0 Å². The lowest BCUT2D eigenvalue weighted by molar-refractivity contribution is -0.384. The lowest BCUT2D eigenvalue weighted by atomic mass is 9.97. The highest BCUT2D eigenvalue weighted by Crippen LogP contribution is 2.20. The van der Waals surface area contributed by atoms with Crippen LogP contribution in [0.5, 0.6) is 5.75 Å². The van der Waals surface area contributed by atoms with Crippen LogP contribution in [0.15, 0.2) is 24.3 Å². The summed E-state index contributed by atoms with van der Waals surface area (Å²) in [4.78, 5) is 10.2. The molecule has 0 saturated carbocycles. The number of nitro groups is 1. The Labute approximate surface area is 106 Å². The SMILES string of the molecule is O=[N+]([O-])c1cccc(OCC[C@@H]2CCCNC2)c1. The summed E-state index contributed by atoms with van der Waals surface area (Å²) in [5, 5.41) is 14.0. The van der Waals surface area contributed by atoms with Crippen molar-refractivity contribution < 1.29 is 9.66 Å². The highest BCUT2D eigenvalue weighted by atomic mass is 16.6. The third-order valence-electron chi connectivity index (χ3n) is 3.22. The summed E-state index contributed by atoms with van der Waals surface area (Å²) in [5.41, 5.74) is 0.0758. The van der Waals surface area contributed by atoms with Crippen LogP contribution < -0.4 is 10.1 Å². The van der Waals surface area contributed by atoms with Gasteiger partial charge in [0.1, 0.15) is 5.75 Å². The number of hydrogen-bond donors (Lipinski definition) is 1. The molecule has 2 rings (SSSR count). The summed E-state index contributed by atoms with van der Waals surface area (Å²) in [6, 6.07) is 6.35. The summed E-state index contributed by atoms with van der Waals surface area (Å²) in [5.74, 6) is 1.24. The van der Waals surface area contributed by atoms with Gasteiger partial charge in [-0.05, 0) is 44.3 Å². The van der Waals surface area contributed by atoms with Gasteiger partial charge >= 0.3 is 0 Å². The molecule has 0 bridgehead atoms. The topological polar surface area (TPSA) is 64.4 Å². The predicted molar refractivity (Wildman–Crippen MR) is 68.8 cm³/mol. The maximum Gasteiger partial charge on any atom is 0.273 e. The predicted octanol–water partition coefficient (Wildman–Crippen LogP) is 2.36. The van der Waals surface area contributed by atoms with Crippen LogP contribution in [0.2, 0.25) is 0 Å². The van der Waals surface area contributed by atoms with Gasteiger partial charge in [-0.3, -0.25) is 10.1 Å². The van der Waals surface area contributed by atoms with Crippen molar-refractivity contribution in [1.82, 2.24) is 5.32 Å². The summed E-state index contributed by atoms with van der Waals surface area (Å²) in [6.45, 7) is 2.79. The number of non-ortho nitro benzene ring substituents is 1. The molecule has 0 aliphatic carbocycles. The van der Waals surface area contributed by atoms with Gasteiger partial charge in [-0.25, -0.2) is 0 Å². The molecule has 1 heterocycles. The Hall–Kier alpha value is -1.62. The molecule has 0 aromatic heterocycles. The fourth-order valence-electron chi connectivity index (χ4n) is 2.20. The largest absolute Gasteiger partial charge is 0.493 e. The maximum absolute atomic E-state index is 10.6. The molecule has 1 aliphatic rings. The average molecular weight is 250 g/mol. The molecule has 98 valence electrons. The van der Waals surface area contributed by atoms with Crippen molar-refractivity contribution in [3.05, 3.63) is 34.4 Å². The van der Waals surface area contributed by atoms with E-state index in [0.717, 1.165) is 19.5 Å². The summed E-state index contributed by atoms with van der Waals surface area (Å²) in [6.07, 6.45) is 3.46. The van der Waals surface area contributed by atoms with Crippen molar-refractivity contribution in [3.63, 3.8) is 0 Å². The molecule has 18 heavy (non-hydrogen) atoms. The Kier molecular flexibility index (Phi) is 4.52. The van der Waals surface area contributed by atoms with E-state index in [0.29, 0.717) is 18.3 Å². The second kappa shape index (κ2) is 6.35. The fraction of sp³-hybridized carbons (Fsp3) is 0.538. The van der Waals surface area contributed by atoms with Gasteiger partial charge in [-0.2, -0.15) is 0 Å². The Bertz CT molecular complexity index is 403. The van der Waals surface area contributed by atoms with Gasteiger partial charge in [0.05, 0.1) is 17.6 Å². The van der Waals surface area contributed by atoms with Crippen molar-refractivity contribution in [2.24, 2.45) is 5.92 Å². The van der Waals surface area contributed by atoms with Crippen molar-refractivity contribution in [2.75, 3.05) is 19.7 Å². The second-order valence-electron chi connectivity index (χ2n) is 4.60. The monoisotopic (exact) mass is 250 g/mol. The van der Waals surface area contributed by atoms with Gasteiger partial charge in [0.2, 0.25) is 0 Å². The van der Waals surface area contributed by atoms with E-state index >= 15 is 0 Å². The fourth-order valence-corrected chi connectivity index (χ4v) is 2.20.